The van der Waals surface area contributed by atoms with Gasteiger partial charge < -0.3 is 5.32 Å². The van der Waals surface area contributed by atoms with Gasteiger partial charge >= 0.3 is 12.4 Å². The maximum absolute atomic E-state index is 13.7. The van der Waals surface area contributed by atoms with Crippen LogP contribution in [0.1, 0.15) is 42.4 Å². The summed E-state index contributed by atoms with van der Waals surface area (Å²) in [6.07, 6.45) is -7.96. The molecule has 9 heteroatoms. The lowest BCUT2D eigenvalue weighted by Crippen LogP contribution is -2.45. The van der Waals surface area contributed by atoms with E-state index >= 15 is 0 Å². The van der Waals surface area contributed by atoms with Crippen LogP contribution in [0.3, 0.4) is 0 Å². The summed E-state index contributed by atoms with van der Waals surface area (Å²) in [4.78, 5) is 25.6. The summed E-state index contributed by atoms with van der Waals surface area (Å²) in [7, 11) is 0. The smallest absolute Gasteiger partial charge is 0.343 e. The molecule has 2 aliphatic rings. The number of Topliss-reactive ketones (excluding diaryl/α,β-unsaturated/α-hetero) is 1. The number of carbonyl (C=O) groups excluding carboxylic acids is 2. The topological polar surface area (TPSA) is 46.2 Å². The summed E-state index contributed by atoms with van der Waals surface area (Å²) in [5, 5.41) is 2.57. The fraction of sp³-hybridized carbons (Fsp3) is 0.364. The van der Waals surface area contributed by atoms with E-state index in [1.165, 1.54) is 6.92 Å². The van der Waals surface area contributed by atoms with E-state index in [9.17, 15) is 35.9 Å². The van der Waals surface area contributed by atoms with Crippen LogP contribution >= 0.6 is 0 Å². The Morgan fingerprint density at radius 1 is 0.871 bits per heavy atom. The van der Waals surface area contributed by atoms with E-state index in [1.807, 2.05) is 0 Å². The molecule has 1 aliphatic heterocycles. The van der Waals surface area contributed by atoms with Crippen molar-refractivity contribution in [2.45, 2.75) is 43.6 Å². The normalized spacial score (nSPS) is 24.4. The third kappa shape index (κ3) is 3.70. The van der Waals surface area contributed by atoms with Gasteiger partial charge in [-0.15, -0.1) is 0 Å². The van der Waals surface area contributed by atoms with E-state index in [0.717, 1.165) is 42.5 Å². The van der Waals surface area contributed by atoms with Crippen molar-refractivity contribution in [3.63, 3.8) is 0 Å². The molecule has 1 aliphatic carbocycles. The third-order valence-corrected chi connectivity index (χ3v) is 6.03. The number of hydrogen-bond donors (Lipinski definition) is 1. The molecule has 3 nitrogen and oxygen atoms in total. The van der Waals surface area contributed by atoms with Gasteiger partial charge in [0.25, 0.3) is 0 Å². The van der Waals surface area contributed by atoms with Crippen LogP contribution in [0.15, 0.2) is 42.5 Å². The summed E-state index contributed by atoms with van der Waals surface area (Å²) in [6.45, 7) is 1.53. The van der Waals surface area contributed by atoms with E-state index in [2.05, 4.69) is 5.32 Å². The predicted molar refractivity (Wildman–Crippen MR) is 98.9 cm³/mol. The first-order valence-corrected chi connectivity index (χ1v) is 9.57. The number of rotatable bonds is 3. The van der Waals surface area contributed by atoms with Gasteiger partial charge in [0.15, 0.2) is 5.78 Å². The number of nitrogens with one attached hydrogen (secondary N) is 1. The highest BCUT2D eigenvalue weighted by Crippen LogP contribution is 2.47. The number of amides is 1. The molecule has 2 aromatic rings. The van der Waals surface area contributed by atoms with Crippen molar-refractivity contribution in [2.75, 3.05) is 0 Å². The highest BCUT2D eigenvalue weighted by molar-refractivity contribution is 6.17. The Balaban J connectivity index is 1.79. The SMILES string of the molecule is CC1(C2CC2)NC(=O)C(c2cc(-c3ccc(C(F)(F)F)cc3)ccc2C(F)(F)F)C1=O. The Labute approximate surface area is 173 Å². The molecule has 2 aromatic carbocycles. The summed E-state index contributed by atoms with van der Waals surface area (Å²) in [6, 6.07) is 6.88. The molecule has 0 bridgehead atoms. The van der Waals surface area contributed by atoms with Crippen LogP contribution in [0.5, 0.6) is 0 Å². The number of alkyl halides is 6. The van der Waals surface area contributed by atoms with Crippen molar-refractivity contribution in [2.24, 2.45) is 5.92 Å². The van der Waals surface area contributed by atoms with E-state index in [0.29, 0.717) is 12.8 Å². The molecule has 2 fully saturated rings. The second kappa shape index (κ2) is 6.83. The summed E-state index contributed by atoms with van der Waals surface area (Å²) < 4.78 is 79.4. The molecule has 4 rings (SSSR count). The molecule has 1 heterocycles. The summed E-state index contributed by atoms with van der Waals surface area (Å²) in [5.41, 5.74) is -3.30. The zero-order chi connectivity index (χ0) is 22.8. The van der Waals surface area contributed by atoms with Crippen molar-refractivity contribution in [3.05, 3.63) is 59.2 Å². The lowest BCUT2D eigenvalue weighted by atomic mass is 9.82. The molecular formula is C22H17F6NO2. The van der Waals surface area contributed by atoms with Crippen LogP contribution in [-0.4, -0.2) is 17.2 Å². The second-order valence-corrected chi connectivity index (χ2v) is 8.14. The second-order valence-electron chi connectivity index (χ2n) is 8.14. The Hall–Kier alpha value is -2.84. The first-order valence-electron chi connectivity index (χ1n) is 9.57. The maximum atomic E-state index is 13.7. The lowest BCUT2D eigenvalue weighted by molar-refractivity contribution is -0.139. The fourth-order valence-electron chi connectivity index (χ4n) is 4.15. The number of benzene rings is 2. The van der Waals surface area contributed by atoms with E-state index in [-0.39, 0.29) is 17.0 Å². The minimum atomic E-state index is -4.81. The Morgan fingerprint density at radius 3 is 1.97 bits per heavy atom. The van der Waals surface area contributed by atoms with Gasteiger partial charge in [-0.3, -0.25) is 9.59 Å². The third-order valence-electron chi connectivity index (χ3n) is 6.03. The van der Waals surface area contributed by atoms with Gasteiger partial charge in [-0.2, -0.15) is 26.3 Å². The molecule has 1 saturated carbocycles. The quantitative estimate of drug-likeness (QED) is 0.516. The van der Waals surface area contributed by atoms with Crippen molar-refractivity contribution >= 4 is 11.7 Å². The molecule has 31 heavy (non-hydrogen) atoms. The van der Waals surface area contributed by atoms with Crippen LogP contribution in [0, 0.1) is 5.92 Å². The summed E-state index contributed by atoms with van der Waals surface area (Å²) >= 11 is 0. The van der Waals surface area contributed by atoms with Crippen LogP contribution < -0.4 is 5.32 Å². The average molecular weight is 441 g/mol. The fourth-order valence-corrected chi connectivity index (χ4v) is 4.15. The van der Waals surface area contributed by atoms with Gasteiger partial charge in [0.2, 0.25) is 5.91 Å². The molecule has 0 radical (unpaired) electrons. The molecule has 1 amide bonds. The lowest BCUT2D eigenvalue weighted by Gasteiger charge is -2.22. The van der Waals surface area contributed by atoms with Crippen LogP contribution in [0.2, 0.25) is 0 Å². The Kier molecular flexibility index (Phi) is 4.71. The van der Waals surface area contributed by atoms with E-state index in [1.54, 1.807) is 0 Å². The van der Waals surface area contributed by atoms with Gasteiger partial charge in [0, 0.05) is 0 Å². The number of halogens is 6. The molecule has 0 spiro atoms. The Morgan fingerprint density at radius 2 is 1.45 bits per heavy atom. The monoisotopic (exact) mass is 441 g/mol. The van der Waals surface area contributed by atoms with Gasteiger partial charge in [-0.1, -0.05) is 18.2 Å². The maximum Gasteiger partial charge on any atom is 0.416 e. The van der Waals surface area contributed by atoms with Crippen LogP contribution in [0.25, 0.3) is 11.1 Å². The standard InChI is InChI=1S/C22H17F6NO2/c1-20(13-7-8-13)18(30)17(19(31)29-20)15-10-12(4-9-16(15)22(26,27)28)11-2-5-14(6-3-11)21(23,24)25/h2-6,9-10,13,17H,7-8H2,1H3,(H,29,31). The highest BCUT2D eigenvalue weighted by atomic mass is 19.4. The minimum Gasteiger partial charge on any atom is -0.343 e. The molecule has 164 valence electrons. The van der Waals surface area contributed by atoms with Crippen molar-refractivity contribution in [3.8, 4) is 11.1 Å². The van der Waals surface area contributed by atoms with Gasteiger partial charge in [0.1, 0.15) is 5.92 Å². The zero-order valence-corrected chi connectivity index (χ0v) is 16.2. The first kappa shape index (κ1) is 21.4. The molecule has 2 atom stereocenters. The van der Waals surface area contributed by atoms with Gasteiger partial charge in [0.05, 0.1) is 16.7 Å². The number of carbonyl (C=O) groups is 2. The van der Waals surface area contributed by atoms with Crippen LogP contribution in [-0.2, 0) is 21.9 Å². The van der Waals surface area contributed by atoms with Crippen molar-refractivity contribution in [1.29, 1.82) is 0 Å². The zero-order valence-electron chi connectivity index (χ0n) is 16.2. The average Bonchev–Trinajstić information content (AvgIpc) is 3.49. The van der Waals surface area contributed by atoms with Gasteiger partial charge in [-0.05, 0) is 66.6 Å². The number of ketones is 1. The molecule has 2 unspecified atom stereocenters. The molecular weight excluding hydrogens is 424 g/mol. The molecule has 1 saturated heterocycles. The number of hydrogen-bond acceptors (Lipinski definition) is 2. The molecule has 0 aromatic heterocycles. The first-order chi connectivity index (χ1) is 14.3. The van der Waals surface area contributed by atoms with Crippen molar-refractivity contribution < 1.29 is 35.9 Å². The predicted octanol–water partition coefficient (Wildman–Crippen LogP) is 5.34. The summed E-state index contributed by atoms with van der Waals surface area (Å²) in [5.74, 6) is -3.15. The Bertz CT molecular complexity index is 1050. The van der Waals surface area contributed by atoms with E-state index in [4.69, 9.17) is 0 Å². The van der Waals surface area contributed by atoms with Gasteiger partial charge in [-0.25, -0.2) is 0 Å². The largest absolute Gasteiger partial charge is 0.416 e. The van der Waals surface area contributed by atoms with E-state index < -0.39 is 52.2 Å². The minimum absolute atomic E-state index is 0.110. The highest BCUT2D eigenvalue weighted by Gasteiger charge is 2.58. The van der Waals surface area contributed by atoms with Crippen LogP contribution in [0.4, 0.5) is 26.3 Å². The van der Waals surface area contributed by atoms with Crippen molar-refractivity contribution in [1.82, 2.24) is 5.32 Å². The molecule has 1 N–H and O–H groups in total.